The summed E-state index contributed by atoms with van der Waals surface area (Å²) in [6, 6.07) is 0. The van der Waals surface area contributed by atoms with Gasteiger partial charge in [0, 0.05) is 53.0 Å². The first-order valence-electron chi connectivity index (χ1n) is 18.7. The van der Waals surface area contributed by atoms with Crippen LogP contribution in [0.15, 0.2) is 106 Å². The van der Waals surface area contributed by atoms with E-state index in [1.807, 2.05) is 13.0 Å². The molecule has 1 aliphatic carbocycles. The maximum Gasteiger partial charge on any atom is 0.321 e. The van der Waals surface area contributed by atoms with Crippen LogP contribution in [-0.2, 0) is 23.8 Å². The smallest absolute Gasteiger partial charge is 0.321 e. The maximum atomic E-state index is 13.5. The van der Waals surface area contributed by atoms with Crippen molar-refractivity contribution in [1.29, 1.82) is 0 Å². The number of nitrogens with zero attached hydrogens (tertiary/aromatic N) is 3. The Kier molecular flexibility index (Phi) is 10.9. The largest absolute Gasteiger partial charge is 0.510 e. The number of hydrogen-bond acceptors (Lipinski definition) is 10. The van der Waals surface area contributed by atoms with Crippen molar-refractivity contribution >= 4 is 29.1 Å². The second-order valence-electron chi connectivity index (χ2n) is 14.4. The Morgan fingerprint density at radius 2 is 1.65 bits per heavy atom. The fourth-order valence-electron chi connectivity index (χ4n) is 8.28. The van der Waals surface area contributed by atoms with E-state index in [0.717, 1.165) is 81.3 Å². The monoisotopic (exact) mass is 708 g/mol. The first-order valence-corrected chi connectivity index (χ1v) is 18.7. The molecule has 6 rings (SSSR count). The molecule has 0 aromatic rings. The minimum atomic E-state index is -1.07. The van der Waals surface area contributed by atoms with E-state index in [4.69, 9.17) is 29.2 Å². The second kappa shape index (κ2) is 15.2. The van der Waals surface area contributed by atoms with Gasteiger partial charge in [-0.1, -0.05) is 40.0 Å². The Bertz CT molecular complexity index is 1940. The lowest BCUT2D eigenvalue weighted by Gasteiger charge is -2.20. The Hall–Kier alpha value is -4.57. The molecule has 6 aliphatic rings. The first-order chi connectivity index (χ1) is 24.9. The summed E-state index contributed by atoms with van der Waals surface area (Å²) in [5.41, 5.74) is 12.2. The molecule has 2 N–H and O–H groups in total. The van der Waals surface area contributed by atoms with Crippen LogP contribution in [0.4, 0.5) is 0 Å². The Morgan fingerprint density at radius 3 is 2.35 bits per heavy atom. The minimum absolute atomic E-state index is 0.0865. The van der Waals surface area contributed by atoms with Crippen molar-refractivity contribution in [2.24, 2.45) is 32.7 Å². The van der Waals surface area contributed by atoms with Crippen LogP contribution >= 0.6 is 0 Å². The van der Waals surface area contributed by atoms with Crippen molar-refractivity contribution in [1.82, 2.24) is 5.32 Å². The summed E-state index contributed by atoms with van der Waals surface area (Å²) in [6.07, 6.45) is 11.9. The number of esters is 2. The standard InChI is InChI=1S/C42H52N4O6/c1-10-12-13-14-17-52-25(7)35-23(5)30-18-29-22(4)27(15-16-34(47)50-8)39(45-29)37-38(42(49)51-9)41(48)36-24(6)31(46-40(36)37)19-32-26(11-2)21(3)28(43-32)20-33(35)44-30/h18-20,22,25,27,38,45,48H,10-17H2,1-9H3. The van der Waals surface area contributed by atoms with E-state index in [-0.39, 0.29) is 36.1 Å². The number of hydrogen-bond donors (Lipinski definition) is 2. The predicted octanol–water partition coefficient (Wildman–Crippen LogP) is 8.00. The van der Waals surface area contributed by atoms with Gasteiger partial charge in [-0.15, -0.1) is 0 Å². The van der Waals surface area contributed by atoms with E-state index in [1.165, 1.54) is 27.1 Å². The highest BCUT2D eigenvalue weighted by Crippen LogP contribution is 2.49. The lowest BCUT2D eigenvalue weighted by molar-refractivity contribution is -0.143. The number of allylic oxidation sites excluding steroid dienone is 10. The molecule has 0 aromatic heterocycles. The number of carbonyl (C=O) groups is 2. The van der Waals surface area contributed by atoms with Gasteiger partial charge in [0.15, 0.2) is 0 Å². The molecule has 5 heterocycles. The van der Waals surface area contributed by atoms with Crippen LogP contribution in [0.5, 0.6) is 0 Å². The summed E-state index contributed by atoms with van der Waals surface area (Å²) >= 11 is 0. The number of fused-ring (bicyclic) bond motifs is 5. The van der Waals surface area contributed by atoms with Crippen LogP contribution in [0.1, 0.15) is 93.4 Å². The van der Waals surface area contributed by atoms with E-state index in [2.05, 4.69) is 59.0 Å². The molecule has 4 atom stereocenters. The molecule has 8 bridgehead atoms. The number of aliphatic imine (C=N–C) groups is 3. The van der Waals surface area contributed by atoms with Crippen molar-refractivity contribution in [3.63, 3.8) is 0 Å². The highest BCUT2D eigenvalue weighted by molar-refractivity contribution is 6.24. The number of carbonyl (C=O) groups excluding carboxylic acids is 2. The third kappa shape index (κ3) is 6.50. The number of unbranched alkanes of at least 4 members (excludes halogenated alkanes) is 3. The first kappa shape index (κ1) is 37.2. The maximum absolute atomic E-state index is 13.5. The molecule has 5 aliphatic heterocycles. The van der Waals surface area contributed by atoms with Gasteiger partial charge < -0.3 is 24.6 Å². The molecule has 0 spiro atoms. The van der Waals surface area contributed by atoms with Gasteiger partial charge in [-0.05, 0) is 87.5 Å². The number of aliphatic hydroxyl groups is 1. The SMILES string of the molecule is CCCCCCOC(C)C1=C(C)C2=NC1=CC1=NC(=CC3=C(C)C4=C(O)C(C(=O)OC)C(=C5NC(=C2)C(C)C5CCC(=O)OC)C4=N3)C(CC)=C1C. The summed E-state index contributed by atoms with van der Waals surface area (Å²) in [7, 11) is 2.71. The van der Waals surface area contributed by atoms with Crippen molar-refractivity contribution in [2.45, 2.75) is 99.5 Å². The van der Waals surface area contributed by atoms with Crippen LogP contribution in [0, 0.1) is 17.8 Å². The number of aliphatic hydroxyl groups excluding tert-OH is 1. The summed E-state index contributed by atoms with van der Waals surface area (Å²) in [5, 5.41) is 15.4. The molecule has 0 aromatic carbocycles. The molecule has 52 heavy (non-hydrogen) atoms. The average molecular weight is 709 g/mol. The highest BCUT2D eigenvalue weighted by atomic mass is 16.5. The van der Waals surface area contributed by atoms with Gasteiger partial charge in [0.25, 0.3) is 0 Å². The molecule has 0 radical (unpaired) electrons. The third-order valence-electron chi connectivity index (χ3n) is 11.3. The van der Waals surface area contributed by atoms with Gasteiger partial charge >= 0.3 is 11.9 Å². The number of methoxy groups -OCH3 is 2. The second-order valence-corrected chi connectivity index (χ2v) is 14.4. The highest BCUT2D eigenvalue weighted by Gasteiger charge is 2.49. The van der Waals surface area contributed by atoms with Crippen molar-refractivity contribution in [2.75, 3.05) is 20.8 Å². The fourth-order valence-corrected chi connectivity index (χ4v) is 8.28. The number of rotatable bonds is 12. The van der Waals surface area contributed by atoms with Gasteiger partial charge in [-0.2, -0.15) is 0 Å². The lowest BCUT2D eigenvalue weighted by atomic mass is 9.84. The molecule has 10 nitrogen and oxygen atoms in total. The lowest BCUT2D eigenvalue weighted by Crippen LogP contribution is -2.25. The molecule has 276 valence electrons. The zero-order valence-corrected chi connectivity index (χ0v) is 32.0. The molecule has 10 heteroatoms. The van der Waals surface area contributed by atoms with Gasteiger partial charge in [-0.3, -0.25) is 9.59 Å². The van der Waals surface area contributed by atoms with Gasteiger partial charge in [0.1, 0.15) is 11.7 Å². The molecular formula is C42H52N4O6. The van der Waals surface area contributed by atoms with Crippen LogP contribution in [0.3, 0.4) is 0 Å². The number of ether oxygens (including phenoxy) is 3. The third-order valence-corrected chi connectivity index (χ3v) is 11.3. The van der Waals surface area contributed by atoms with Crippen molar-refractivity contribution in [3.05, 3.63) is 91.5 Å². The summed E-state index contributed by atoms with van der Waals surface area (Å²) in [6.45, 7) is 15.3. The van der Waals surface area contributed by atoms with E-state index >= 15 is 0 Å². The Balaban J connectivity index is 1.57. The van der Waals surface area contributed by atoms with E-state index < -0.39 is 11.9 Å². The minimum Gasteiger partial charge on any atom is -0.510 e. The van der Waals surface area contributed by atoms with Gasteiger partial charge in [0.05, 0.1) is 54.5 Å². The van der Waals surface area contributed by atoms with Crippen molar-refractivity contribution < 1.29 is 28.9 Å². The Labute approximate surface area is 307 Å². The molecule has 0 saturated carbocycles. The van der Waals surface area contributed by atoms with E-state index in [0.29, 0.717) is 35.6 Å². The van der Waals surface area contributed by atoms with Gasteiger partial charge in [-0.25, -0.2) is 15.0 Å². The zero-order chi connectivity index (χ0) is 37.4. The zero-order valence-electron chi connectivity index (χ0n) is 32.0. The topological polar surface area (TPSA) is 131 Å². The summed E-state index contributed by atoms with van der Waals surface area (Å²) < 4.78 is 16.7. The molecule has 1 fully saturated rings. The van der Waals surface area contributed by atoms with Gasteiger partial charge in [0.2, 0.25) is 0 Å². The van der Waals surface area contributed by atoms with E-state index in [9.17, 15) is 14.7 Å². The average Bonchev–Trinajstić information content (AvgIpc) is 3.87. The Morgan fingerprint density at radius 1 is 0.923 bits per heavy atom. The fraction of sp³-hybridized carbons (Fsp3) is 0.500. The molecule has 4 unspecified atom stereocenters. The summed E-state index contributed by atoms with van der Waals surface area (Å²) in [4.78, 5) is 41.4. The summed E-state index contributed by atoms with van der Waals surface area (Å²) in [5.74, 6) is -2.36. The van der Waals surface area contributed by atoms with Crippen molar-refractivity contribution in [3.8, 4) is 0 Å². The predicted molar refractivity (Wildman–Crippen MR) is 204 cm³/mol. The normalized spacial score (nSPS) is 24.2. The van der Waals surface area contributed by atoms with Crippen LogP contribution in [0.2, 0.25) is 0 Å². The molecule has 1 saturated heterocycles. The van der Waals surface area contributed by atoms with E-state index in [1.54, 1.807) is 0 Å². The quantitative estimate of drug-likeness (QED) is 0.155. The molecule has 0 amide bonds. The number of nitrogens with one attached hydrogen (secondary N) is 1. The van der Waals surface area contributed by atoms with Crippen LogP contribution in [0.25, 0.3) is 0 Å². The van der Waals surface area contributed by atoms with Crippen LogP contribution in [-0.4, -0.2) is 61.1 Å². The molecular weight excluding hydrogens is 656 g/mol. The van der Waals surface area contributed by atoms with Crippen LogP contribution < -0.4 is 5.32 Å².